The van der Waals surface area contributed by atoms with Crippen LogP contribution in [0.1, 0.15) is 43.0 Å². The van der Waals surface area contributed by atoms with E-state index in [-0.39, 0.29) is 30.3 Å². The average molecular weight is 418 g/mol. The molecule has 0 saturated carbocycles. The lowest BCUT2D eigenvalue weighted by molar-refractivity contribution is -0.137. The number of benzene rings is 1. The third kappa shape index (κ3) is 6.06. The maximum Gasteiger partial charge on any atom is 0.338 e. The molecular formula is C23H30O7. The van der Waals surface area contributed by atoms with Crippen LogP contribution in [0.25, 0.3) is 0 Å². The Kier molecular flexibility index (Phi) is 8.28. The van der Waals surface area contributed by atoms with Gasteiger partial charge in [-0.05, 0) is 49.9 Å². The van der Waals surface area contributed by atoms with E-state index in [9.17, 15) is 9.59 Å². The van der Waals surface area contributed by atoms with Crippen molar-refractivity contribution in [1.29, 1.82) is 0 Å². The molecule has 2 heterocycles. The molecule has 4 atom stereocenters. The van der Waals surface area contributed by atoms with E-state index in [1.54, 1.807) is 24.3 Å². The van der Waals surface area contributed by atoms with Crippen molar-refractivity contribution in [2.24, 2.45) is 5.92 Å². The molecule has 0 bridgehead atoms. The normalized spacial score (nSPS) is 24.8. The number of hydrogen-bond acceptors (Lipinski definition) is 7. The number of esters is 2. The SMILES string of the molecule is C=CC(=O)OCCCCCCOc1ccc(C(=O)O[C@H]2COC3C2OC[C@@H]3C)cc1. The molecule has 2 aliphatic rings. The predicted molar refractivity (Wildman–Crippen MR) is 109 cm³/mol. The molecule has 7 heteroatoms. The van der Waals surface area contributed by atoms with E-state index >= 15 is 0 Å². The molecule has 0 aromatic heterocycles. The van der Waals surface area contributed by atoms with Crippen molar-refractivity contribution in [2.75, 3.05) is 26.4 Å². The zero-order valence-electron chi connectivity index (χ0n) is 17.4. The van der Waals surface area contributed by atoms with Crippen molar-refractivity contribution in [2.45, 2.75) is 50.9 Å². The Bertz CT molecular complexity index is 715. The second-order valence-electron chi connectivity index (χ2n) is 7.68. The van der Waals surface area contributed by atoms with Crippen LogP contribution >= 0.6 is 0 Å². The molecule has 0 radical (unpaired) electrons. The topological polar surface area (TPSA) is 80.3 Å². The van der Waals surface area contributed by atoms with E-state index in [0.29, 0.717) is 43.7 Å². The minimum Gasteiger partial charge on any atom is -0.494 e. The van der Waals surface area contributed by atoms with Gasteiger partial charge in [-0.15, -0.1) is 0 Å². The number of fused-ring (bicyclic) bond motifs is 1. The minimum atomic E-state index is -0.382. The van der Waals surface area contributed by atoms with Gasteiger partial charge in [0.05, 0.1) is 38.1 Å². The summed E-state index contributed by atoms with van der Waals surface area (Å²) in [6.07, 6.45) is 4.35. The maximum absolute atomic E-state index is 12.4. The number of carbonyl (C=O) groups is 2. The standard InChI is InChI=1S/C23H30O7/c1-3-20(24)27-13-7-5-4-6-12-26-18-10-8-17(9-11-18)23(25)30-19-15-29-21-16(2)14-28-22(19)21/h3,8-11,16,19,21-22H,1,4-7,12-15H2,2H3/t16-,19-,21?,22?/m0/s1. The summed E-state index contributed by atoms with van der Waals surface area (Å²) in [5, 5.41) is 0. The summed E-state index contributed by atoms with van der Waals surface area (Å²) in [6, 6.07) is 6.95. The molecule has 0 aliphatic carbocycles. The molecule has 3 rings (SSSR count). The highest BCUT2D eigenvalue weighted by atomic mass is 16.6. The van der Waals surface area contributed by atoms with Crippen LogP contribution in [-0.4, -0.2) is 56.7 Å². The molecule has 2 fully saturated rings. The summed E-state index contributed by atoms with van der Waals surface area (Å²) in [6.45, 7) is 7.46. The van der Waals surface area contributed by atoms with Gasteiger partial charge >= 0.3 is 11.9 Å². The van der Waals surface area contributed by atoms with Crippen molar-refractivity contribution in [3.05, 3.63) is 42.5 Å². The number of hydrogen-bond donors (Lipinski definition) is 0. The summed E-state index contributed by atoms with van der Waals surface area (Å²) in [7, 11) is 0. The van der Waals surface area contributed by atoms with E-state index in [4.69, 9.17) is 23.7 Å². The predicted octanol–water partition coefficient (Wildman–Crippen LogP) is 3.31. The van der Waals surface area contributed by atoms with Gasteiger partial charge in [0.2, 0.25) is 0 Å². The van der Waals surface area contributed by atoms with Crippen LogP contribution in [0.3, 0.4) is 0 Å². The number of carbonyl (C=O) groups excluding carboxylic acids is 2. The molecule has 2 aliphatic heterocycles. The molecular weight excluding hydrogens is 388 g/mol. The highest BCUT2D eigenvalue weighted by molar-refractivity contribution is 5.89. The molecule has 164 valence electrons. The van der Waals surface area contributed by atoms with Crippen LogP contribution in [0.15, 0.2) is 36.9 Å². The van der Waals surface area contributed by atoms with E-state index in [1.165, 1.54) is 6.08 Å². The molecule has 0 amide bonds. The molecule has 2 saturated heterocycles. The largest absolute Gasteiger partial charge is 0.494 e. The van der Waals surface area contributed by atoms with Gasteiger partial charge in [-0.3, -0.25) is 0 Å². The van der Waals surface area contributed by atoms with Gasteiger partial charge in [-0.2, -0.15) is 0 Å². The van der Waals surface area contributed by atoms with Gasteiger partial charge in [0.15, 0.2) is 6.10 Å². The first kappa shape index (κ1) is 22.3. The van der Waals surface area contributed by atoms with Crippen LogP contribution in [0.4, 0.5) is 0 Å². The first-order chi connectivity index (χ1) is 14.6. The Hall–Kier alpha value is -2.38. The van der Waals surface area contributed by atoms with E-state index in [2.05, 4.69) is 13.5 Å². The molecule has 1 aromatic rings. The van der Waals surface area contributed by atoms with Crippen LogP contribution < -0.4 is 4.74 Å². The summed E-state index contributed by atoms with van der Waals surface area (Å²) in [5.74, 6) is 0.276. The third-order valence-electron chi connectivity index (χ3n) is 5.32. The zero-order chi connectivity index (χ0) is 21.3. The lowest BCUT2D eigenvalue weighted by Crippen LogP contribution is -2.32. The fourth-order valence-corrected chi connectivity index (χ4v) is 3.63. The van der Waals surface area contributed by atoms with E-state index in [1.807, 2.05) is 0 Å². The van der Waals surface area contributed by atoms with Crippen LogP contribution in [-0.2, 0) is 23.7 Å². The van der Waals surface area contributed by atoms with Crippen LogP contribution in [0, 0.1) is 5.92 Å². The third-order valence-corrected chi connectivity index (χ3v) is 5.32. The van der Waals surface area contributed by atoms with Crippen molar-refractivity contribution < 1.29 is 33.3 Å². The molecule has 2 unspecified atom stereocenters. The Balaban J connectivity index is 1.31. The minimum absolute atomic E-state index is 0.0146. The Morgan fingerprint density at radius 3 is 2.47 bits per heavy atom. The van der Waals surface area contributed by atoms with E-state index < -0.39 is 0 Å². The van der Waals surface area contributed by atoms with Crippen LogP contribution in [0.5, 0.6) is 5.75 Å². The summed E-state index contributed by atoms with van der Waals surface area (Å²) in [5.41, 5.74) is 0.478. The lowest BCUT2D eigenvalue weighted by atomic mass is 10.0. The fraction of sp³-hybridized carbons (Fsp3) is 0.565. The highest BCUT2D eigenvalue weighted by Gasteiger charge is 2.47. The quantitative estimate of drug-likeness (QED) is 0.310. The first-order valence-electron chi connectivity index (χ1n) is 10.5. The lowest BCUT2D eigenvalue weighted by Gasteiger charge is -2.17. The Morgan fingerprint density at radius 1 is 1.03 bits per heavy atom. The van der Waals surface area contributed by atoms with Gasteiger partial charge < -0.3 is 23.7 Å². The molecule has 7 nitrogen and oxygen atoms in total. The van der Waals surface area contributed by atoms with E-state index in [0.717, 1.165) is 25.7 Å². The van der Waals surface area contributed by atoms with Gasteiger partial charge in [-0.1, -0.05) is 13.5 Å². The molecule has 0 spiro atoms. The average Bonchev–Trinajstić information content (AvgIpc) is 3.33. The Labute approximate surface area is 177 Å². The van der Waals surface area contributed by atoms with Crippen molar-refractivity contribution in [3.63, 3.8) is 0 Å². The summed E-state index contributed by atoms with van der Waals surface area (Å²) >= 11 is 0. The smallest absolute Gasteiger partial charge is 0.338 e. The second kappa shape index (κ2) is 11.1. The first-order valence-corrected chi connectivity index (χ1v) is 10.5. The van der Waals surface area contributed by atoms with Gasteiger partial charge in [0, 0.05) is 12.0 Å². The maximum atomic E-state index is 12.4. The van der Waals surface area contributed by atoms with Crippen molar-refractivity contribution in [3.8, 4) is 5.75 Å². The van der Waals surface area contributed by atoms with Crippen molar-refractivity contribution in [1.82, 2.24) is 0 Å². The number of unbranched alkanes of at least 4 members (excludes halogenated alkanes) is 3. The number of ether oxygens (including phenoxy) is 5. The van der Waals surface area contributed by atoms with Gasteiger partial charge in [0.1, 0.15) is 11.9 Å². The summed E-state index contributed by atoms with van der Waals surface area (Å²) < 4.78 is 27.7. The second-order valence-corrected chi connectivity index (χ2v) is 7.68. The van der Waals surface area contributed by atoms with Gasteiger partial charge in [-0.25, -0.2) is 9.59 Å². The van der Waals surface area contributed by atoms with Crippen LogP contribution in [0.2, 0.25) is 0 Å². The fourth-order valence-electron chi connectivity index (χ4n) is 3.63. The Morgan fingerprint density at radius 2 is 1.73 bits per heavy atom. The zero-order valence-corrected chi connectivity index (χ0v) is 17.4. The van der Waals surface area contributed by atoms with Gasteiger partial charge in [0.25, 0.3) is 0 Å². The molecule has 30 heavy (non-hydrogen) atoms. The monoisotopic (exact) mass is 418 g/mol. The highest BCUT2D eigenvalue weighted by Crippen LogP contribution is 2.32. The number of rotatable bonds is 11. The molecule has 0 N–H and O–H groups in total. The van der Waals surface area contributed by atoms with Crippen molar-refractivity contribution >= 4 is 11.9 Å². The molecule has 1 aromatic carbocycles. The summed E-state index contributed by atoms with van der Waals surface area (Å²) in [4.78, 5) is 23.3.